The van der Waals surface area contributed by atoms with Gasteiger partial charge in [-0.05, 0) is 59.2 Å². The van der Waals surface area contributed by atoms with Crippen LogP contribution in [0.25, 0.3) is 0 Å². The van der Waals surface area contributed by atoms with Crippen molar-refractivity contribution >= 4 is 0 Å². The van der Waals surface area contributed by atoms with Gasteiger partial charge in [0, 0.05) is 25.2 Å². The first-order chi connectivity index (χ1) is 16.0. The number of hydrogen-bond donors (Lipinski definition) is 1. The summed E-state index contributed by atoms with van der Waals surface area (Å²) in [5.41, 5.74) is 6.36. The highest BCUT2D eigenvalue weighted by Crippen LogP contribution is 2.31. The molecule has 3 aromatic rings. The van der Waals surface area contributed by atoms with Crippen LogP contribution in [0.5, 0.6) is 0 Å². The van der Waals surface area contributed by atoms with Crippen LogP contribution in [0.2, 0.25) is 0 Å². The third-order valence-corrected chi connectivity index (χ3v) is 5.57. The largest absolute Gasteiger partial charge is 0.288 e. The minimum atomic E-state index is -0.554. The maximum Gasteiger partial charge on any atom is 0.140 e. The fourth-order valence-electron chi connectivity index (χ4n) is 3.88. The van der Waals surface area contributed by atoms with Crippen molar-refractivity contribution < 1.29 is 18.0 Å². The van der Waals surface area contributed by atoms with Gasteiger partial charge in [0.1, 0.15) is 23.5 Å². The normalized spacial score (nSPS) is 14.1. The molecule has 1 aliphatic heterocycles. The molecule has 0 aliphatic carbocycles. The smallest absolute Gasteiger partial charge is 0.140 e. The number of hydroxylamine groups is 1. The van der Waals surface area contributed by atoms with Gasteiger partial charge in [0.15, 0.2) is 0 Å². The fraction of sp³-hybridized carbons (Fsp3) is 0.192. The van der Waals surface area contributed by atoms with Gasteiger partial charge >= 0.3 is 0 Å². The molecule has 0 spiro atoms. The van der Waals surface area contributed by atoms with Crippen molar-refractivity contribution in [3.63, 3.8) is 0 Å². The van der Waals surface area contributed by atoms with Crippen LogP contribution in [-0.2, 0) is 11.4 Å². The van der Waals surface area contributed by atoms with E-state index in [2.05, 4.69) is 10.4 Å². The number of halogens is 3. The molecule has 4 rings (SSSR count). The molecule has 0 unspecified atom stereocenters. The molecule has 0 atom stereocenters. The van der Waals surface area contributed by atoms with Crippen LogP contribution in [0.3, 0.4) is 0 Å². The second-order valence-electron chi connectivity index (χ2n) is 7.80. The van der Waals surface area contributed by atoms with E-state index in [1.54, 1.807) is 30.3 Å². The lowest BCUT2D eigenvalue weighted by atomic mass is 9.95. The summed E-state index contributed by atoms with van der Waals surface area (Å²) in [7, 11) is 0. The summed E-state index contributed by atoms with van der Waals surface area (Å²) in [6.07, 6.45) is 2.70. The Kier molecular flexibility index (Phi) is 7.08. The topological polar surface area (TPSA) is 48.3 Å². The Labute approximate surface area is 190 Å². The molecule has 168 valence electrons. The quantitative estimate of drug-likeness (QED) is 0.493. The van der Waals surface area contributed by atoms with Gasteiger partial charge in [-0.15, -0.1) is 0 Å². The maximum absolute atomic E-state index is 13.5. The Balaban J connectivity index is 1.42. The SMILES string of the molecule is N#Cc1cc(CONC2=CCN(C(c3ccc(F)cc3)c3ccc(F)cc3)CC2)ccc1F. The molecule has 1 aliphatic rings. The number of hydrogen-bond acceptors (Lipinski definition) is 4. The molecule has 4 nitrogen and oxygen atoms in total. The van der Waals surface area contributed by atoms with Crippen LogP contribution in [0.4, 0.5) is 13.2 Å². The van der Waals surface area contributed by atoms with E-state index in [9.17, 15) is 13.2 Å². The summed E-state index contributed by atoms with van der Waals surface area (Å²) >= 11 is 0. The lowest BCUT2D eigenvalue weighted by Gasteiger charge is -2.34. The number of rotatable bonds is 7. The molecular formula is C26H22F3N3O. The van der Waals surface area contributed by atoms with E-state index in [1.807, 2.05) is 12.1 Å². The van der Waals surface area contributed by atoms with Crippen molar-refractivity contribution in [1.29, 1.82) is 5.26 Å². The summed E-state index contributed by atoms with van der Waals surface area (Å²) in [6, 6.07) is 18.7. The van der Waals surface area contributed by atoms with Gasteiger partial charge in [0.25, 0.3) is 0 Å². The van der Waals surface area contributed by atoms with Crippen LogP contribution in [0.15, 0.2) is 78.5 Å². The van der Waals surface area contributed by atoms with E-state index < -0.39 is 5.82 Å². The van der Waals surface area contributed by atoms with E-state index in [0.717, 1.165) is 16.8 Å². The first-order valence-electron chi connectivity index (χ1n) is 10.5. The van der Waals surface area contributed by atoms with Crippen LogP contribution < -0.4 is 5.48 Å². The lowest BCUT2D eigenvalue weighted by Crippen LogP contribution is -2.35. The van der Waals surface area contributed by atoms with Crippen molar-refractivity contribution in [2.45, 2.75) is 19.1 Å². The summed E-state index contributed by atoms with van der Waals surface area (Å²) in [6.45, 7) is 1.50. The van der Waals surface area contributed by atoms with E-state index in [-0.39, 0.29) is 29.8 Å². The Hall–Kier alpha value is -3.60. The Morgan fingerprint density at radius 1 is 0.939 bits per heavy atom. The molecular weight excluding hydrogens is 427 g/mol. The number of nitrogens with one attached hydrogen (secondary N) is 1. The standard InChI is InChI=1S/C26H22F3N3O/c27-22-6-2-19(3-7-22)26(20-4-8-23(28)9-5-20)32-13-11-24(12-14-32)31-33-17-18-1-10-25(29)21(15-18)16-30/h1-11,15,26,31H,12-14,17H2. The molecule has 7 heteroatoms. The molecule has 0 saturated carbocycles. The predicted octanol–water partition coefficient (Wildman–Crippen LogP) is 5.38. The maximum atomic E-state index is 13.5. The molecule has 1 N–H and O–H groups in total. The second kappa shape index (κ2) is 10.3. The molecule has 0 fully saturated rings. The summed E-state index contributed by atoms with van der Waals surface area (Å²) in [4.78, 5) is 7.76. The fourth-order valence-corrected chi connectivity index (χ4v) is 3.88. The molecule has 3 aromatic carbocycles. The molecule has 0 saturated heterocycles. The third-order valence-electron chi connectivity index (χ3n) is 5.57. The molecule has 0 radical (unpaired) electrons. The summed E-state index contributed by atoms with van der Waals surface area (Å²) in [5.74, 6) is -1.16. The summed E-state index contributed by atoms with van der Waals surface area (Å²) < 4.78 is 40.4. The number of nitriles is 1. The van der Waals surface area contributed by atoms with Crippen LogP contribution >= 0.6 is 0 Å². The molecule has 0 aromatic heterocycles. The van der Waals surface area contributed by atoms with Gasteiger partial charge in [-0.1, -0.05) is 30.3 Å². The van der Waals surface area contributed by atoms with Gasteiger partial charge in [-0.2, -0.15) is 5.26 Å². The average Bonchev–Trinajstić information content (AvgIpc) is 2.83. The number of nitrogens with zero attached hydrogens (tertiary/aromatic N) is 2. The first-order valence-corrected chi connectivity index (χ1v) is 10.5. The van der Waals surface area contributed by atoms with Crippen LogP contribution in [0, 0.1) is 28.8 Å². The minimum absolute atomic E-state index is 0.0174. The second-order valence-corrected chi connectivity index (χ2v) is 7.80. The van der Waals surface area contributed by atoms with Crippen molar-refractivity contribution in [2.75, 3.05) is 13.1 Å². The highest BCUT2D eigenvalue weighted by atomic mass is 19.1. The minimum Gasteiger partial charge on any atom is -0.288 e. The average molecular weight is 449 g/mol. The first kappa shape index (κ1) is 22.6. The molecule has 1 heterocycles. The van der Waals surface area contributed by atoms with E-state index in [1.165, 1.54) is 36.4 Å². The van der Waals surface area contributed by atoms with E-state index in [0.29, 0.717) is 25.1 Å². The van der Waals surface area contributed by atoms with E-state index >= 15 is 0 Å². The zero-order valence-corrected chi connectivity index (χ0v) is 17.8. The van der Waals surface area contributed by atoms with Gasteiger partial charge in [0.05, 0.1) is 18.2 Å². The monoisotopic (exact) mass is 449 g/mol. The van der Waals surface area contributed by atoms with Crippen molar-refractivity contribution in [1.82, 2.24) is 10.4 Å². The van der Waals surface area contributed by atoms with Crippen LogP contribution in [-0.4, -0.2) is 18.0 Å². The Bertz CT molecular complexity index is 1130. The lowest BCUT2D eigenvalue weighted by molar-refractivity contribution is 0.0433. The van der Waals surface area contributed by atoms with Gasteiger partial charge in [-0.3, -0.25) is 15.2 Å². The third kappa shape index (κ3) is 5.61. The molecule has 0 bridgehead atoms. The molecule has 33 heavy (non-hydrogen) atoms. The zero-order chi connectivity index (χ0) is 23.2. The highest BCUT2D eigenvalue weighted by molar-refractivity contribution is 5.34. The van der Waals surface area contributed by atoms with Gasteiger partial charge in [0.2, 0.25) is 0 Å². The van der Waals surface area contributed by atoms with Crippen molar-refractivity contribution in [2.24, 2.45) is 0 Å². The van der Waals surface area contributed by atoms with Crippen molar-refractivity contribution in [3.05, 3.63) is 118 Å². The van der Waals surface area contributed by atoms with Gasteiger partial charge < -0.3 is 0 Å². The van der Waals surface area contributed by atoms with Gasteiger partial charge in [-0.25, -0.2) is 13.2 Å². The predicted molar refractivity (Wildman–Crippen MR) is 118 cm³/mol. The highest BCUT2D eigenvalue weighted by Gasteiger charge is 2.24. The van der Waals surface area contributed by atoms with E-state index in [4.69, 9.17) is 10.1 Å². The Morgan fingerprint density at radius 3 is 2.12 bits per heavy atom. The van der Waals surface area contributed by atoms with Crippen LogP contribution in [0.1, 0.15) is 34.7 Å². The molecule has 0 amide bonds. The number of benzene rings is 3. The Morgan fingerprint density at radius 2 is 1.58 bits per heavy atom. The summed E-state index contributed by atoms with van der Waals surface area (Å²) in [5, 5.41) is 8.94. The van der Waals surface area contributed by atoms with Crippen molar-refractivity contribution in [3.8, 4) is 6.07 Å². The zero-order valence-electron chi connectivity index (χ0n) is 17.8.